The monoisotopic (exact) mass is 670 g/mol. The number of aromatic nitrogens is 2. The number of aliphatic carboxylic acids is 1. The number of nitrogens with two attached hydrogens (primary N) is 1. The summed E-state index contributed by atoms with van der Waals surface area (Å²) in [6, 6.07) is 5.98. The summed E-state index contributed by atoms with van der Waals surface area (Å²) in [5.41, 5.74) is 5.57. The number of halogens is 4. The normalized spacial score (nSPS) is 23.5. The van der Waals surface area contributed by atoms with Crippen LogP contribution in [0.3, 0.4) is 0 Å². The molecule has 3 atom stereocenters. The number of hydrogen-bond donors (Lipinski definition) is 2. The number of thiophene rings is 1. The molecule has 2 aromatic carbocycles. The Morgan fingerprint density at radius 3 is 2.85 bits per heavy atom. The Bertz CT molecular complexity index is 1940. The van der Waals surface area contributed by atoms with Crippen molar-refractivity contribution in [3.05, 3.63) is 40.4 Å². The summed E-state index contributed by atoms with van der Waals surface area (Å²) in [4.78, 5) is 24.9. The SMILES string of the molecule is N#Cc1c(N)sc2c(F)ccc(-c3c(Cl)cc4c(N5CCC[C@@H](C(=O)O)CC5)nc(OC[C@@]56CCCN5C[C@H](F)C6)nc4c3F)c12. The number of benzene rings is 2. The number of nitriles is 1. The van der Waals surface area contributed by atoms with Gasteiger partial charge in [0.2, 0.25) is 0 Å². The van der Waals surface area contributed by atoms with E-state index in [0.717, 1.165) is 30.7 Å². The number of rotatable bonds is 6. The second kappa shape index (κ2) is 11.7. The van der Waals surface area contributed by atoms with Crippen LogP contribution in [0.15, 0.2) is 18.2 Å². The number of carbonyl (C=O) groups is 1. The Kier molecular flexibility index (Phi) is 7.85. The maximum Gasteiger partial charge on any atom is 0.319 e. The van der Waals surface area contributed by atoms with Gasteiger partial charge >= 0.3 is 12.0 Å². The highest BCUT2D eigenvalue weighted by molar-refractivity contribution is 7.23. The van der Waals surface area contributed by atoms with E-state index >= 15 is 4.39 Å². The zero-order valence-corrected chi connectivity index (χ0v) is 26.2. The lowest BCUT2D eigenvalue weighted by molar-refractivity contribution is -0.142. The average molecular weight is 671 g/mol. The minimum Gasteiger partial charge on any atom is -0.481 e. The molecule has 3 aliphatic rings. The van der Waals surface area contributed by atoms with Crippen LogP contribution >= 0.6 is 22.9 Å². The molecule has 14 heteroatoms. The number of carboxylic acid groups (broad SMARTS) is 1. The molecule has 240 valence electrons. The highest BCUT2D eigenvalue weighted by atomic mass is 35.5. The number of nitrogen functional groups attached to an aromatic ring is 1. The van der Waals surface area contributed by atoms with Crippen LogP contribution < -0.4 is 15.4 Å². The van der Waals surface area contributed by atoms with Crippen LogP contribution in [0.1, 0.15) is 44.1 Å². The lowest BCUT2D eigenvalue weighted by Crippen LogP contribution is -2.43. The molecule has 3 saturated heterocycles. The van der Waals surface area contributed by atoms with Crippen LogP contribution in [0.2, 0.25) is 5.02 Å². The summed E-state index contributed by atoms with van der Waals surface area (Å²) in [6.07, 6.45) is 2.48. The number of nitrogens with zero attached hydrogens (tertiary/aromatic N) is 5. The Balaban J connectivity index is 1.38. The van der Waals surface area contributed by atoms with E-state index in [4.69, 9.17) is 27.1 Å². The largest absolute Gasteiger partial charge is 0.481 e. The van der Waals surface area contributed by atoms with Gasteiger partial charge in [-0.1, -0.05) is 17.7 Å². The summed E-state index contributed by atoms with van der Waals surface area (Å²) in [7, 11) is 0. The first kappa shape index (κ1) is 30.8. The molecular formula is C32H30ClF3N6O3S. The number of fused-ring (bicyclic) bond motifs is 3. The van der Waals surface area contributed by atoms with Crippen LogP contribution in [0.25, 0.3) is 32.1 Å². The van der Waals surface area contributed by atoms with Gasteiger partial charge in [-0.15, -0.1) is 11.3 Å². The maximum atomic E-state index is 16.9. The molecule has 0 aliphatic carbocycles. The molecule has 0 bridgehead atoms. The van der Waals surface area contributed by atoms with Gasteiger partial charge in [0.1, 0.15) is 41.0 Å². The standard InChI is InChI=1S/C32H30ClF3N6O3S/c33-21-11-19-26(25(36)24(21)18-4-5-22(35)27-23(18)20(13-37)28(38)46-27)39-31(45-15-32-7-2-9-42(32)14-17(34)12-32)40-29(19)41-8-1-3-16(6-10-41)30(43)44/h4-5,11,16-17H,1-3,6-10,12,14-15,38H2,(H,43,44)/t16-,17-,32+/m1/s1. The fourth-order valence-corrected chi connectivity index (χ4v) is 8.67. The molecule has 4 aromatic rings. The van der Waals surface area contributed by atoms with Gasteiger partial charge in [-0.05, 0) is 56.3 Å². The number of hydrogen-bond acceptors (Lipinski definition) is 9. The molecule has 0 saturated carbocycles. The van der Waals surface area contributed by atoms with E-state index in [2.05, 4.69) is 9.88 Å². The number of anilines is 2. The molecule has 0 spiro atoms. The maximum absolute atomic E-state index is 16.9. The van der Waals surface area contributed by atoms with Crippen molar-refractivity contribution < 1.29 is 27.8 Å². The molecule has 0 radical (unpaired) electrons. The second-order valence-electron chi connectivity index (χ2n) is 12.3. The van der Waals surface area contributed by atoms with Gasteiger partial charge in [-0.3, -0.25) is 9.69 Å². The summed E-state index contributed by atoms with van der Waals surface area (Å²) >= 11 is 7.68. The van der Waals surface area contributed by atoms with Crippen LogP contribution in [-0.4, -0.2) is 70.4 Å². The van der Waals surface area contributed by atoms with E-state index in [0.29, 0.717) is 56.5 Å². The number of ether oxygens (including phenoxy) is 1. The first-order valence-electron chi connectivity index (χ1n) is 15.2. The molecule has 3 aliphatic heterocycles. The summed E-state index contributed by atoms with van der Waals surface area (Å²) < 4.78 is 52.4. The van der Waals surface area contributed by atoms with Gasteiger partial charge < -0.3 is 20.5 Å². The van der Waals surface area contributed by atoms with E-state index in [9.17, 15) is 23.9 Å². The van der Waals surface area contributed by atoms with E-state index in [1.165, 1.54) is 18.2 Å². The molecule has 3 N–H and O–H groups in total. The first-order valence-corrected chi connectivity index (χ1v) is 16.4. The zero-order valence-electron chi connectivity index (χ0n) is 24.7. The van der Waals surface area contributed by atoms with Gasteiger partial charge in [0, 0.05) is 42.4 Å². The van der Waals surface area contributed by atoms with Gasteiger partial charge in [-0.25, -0.2) is 13.2 Å². The van der Waals surface area contributed by atoms with Crippen LogP contribution in [0.5, 0.6) is 6.01 Å². The third kappa shape index (κ3) is 5.07. The molecule has 5 heterocycles. The number of alkyl halides is 1. The van der Waals surface area contributed by atoms with Crippen molar-refractivity contribution in [3.63, 3.8) is 0 Å². The lowest BCUT2D eigenvalue weighted by Gasteiger charge is -2.31. The van der Waals surface area contributed by atoms with E-state index < -0.39 is 35.2 Å². The molecule has 2 aromatic heterocycles. The van der Waals surface area contributed by atoms with Crippen molar-refractivity contribution in [2.24, 2.45) is 5.92 Å². The smallest absolute Gasteiger partial charge is 0.319 e. The minimum absolute atomic E-state index is 0.0104. The van der Waals surface area contributed by atoms with Crippen molar-refractivity contribution in [3.8, 4) is 23.2 Å². The average Bonchev–Trinajstić information content (AvgIpc) is 3.58. The molecular weight excluding hydrogens is 641 g/mol. The fourth-order valence-electron chi connectivity index (χ4n) is 7.42. The van der Waals surface area contributed by atoms with E-state index in [1.54, 1.807) is 0 Å². The van der Waals surface area contributed by atoms with Crippen molar-refractivity contribution in [2.45, 2.75) is 50.2 Å². The zero-order chi connectivity index (χ0) is 32.3. The Labute approximate surface area is 271 Å². The van der Waals surface area contributed by atoms with Crippen LogP contribution in [-0.2, 0) is 4.79 Å². The quantitative estimate of drug-likeness (QED) is 0.235. The van der Waals surface area contributed by atoms with Crippen molar-refractivity contribution >= 4 is 60.7 Å². The molecule has 3 fully saturated rings. The molecule has 0 unspecified atom stereocenters. The summed E-state index contributed by atoms with van der Waals surface area (Å²) in [5.74, 6) is -2.45. The Morgan fingerprint density at radius 2 is 2.07 bits per heavy atom. The lowest BCUT2D eigenvalue weighted by atomic mass is 9.95. The summed E-state index contributed by atoms with van der Waals surface area (Å²) in [5, 5.41) is 20.0. The fraction of sp³-hybridized carbons (Fsp3) is 0.438. The molecule has 9 nitrogen and oxygen atoms in total. The van der Waals surface area contributed by atoms with Gasteiger partial charge in [-0.2, -0.15) is 15.2 Å². The van der Waals surface area contributed by atoms with E-state index in [-0.39, 0.29) is 54.9 Å². The Morgan fingerprint density at radius 1 is 1.24 bits per heavy atom. The van der Waals surface area contributed by atoms with Gasteiger partial charge in [0.25, 0.3) is 0 Å². The summed E-state index contributed by atoms with van der Waals surface area (Å²) in [6.45, 7) is 2.05. The van der Waals surface area contributed by atoms with Crippen LogP contribution in [0, 0.1) is 28.9 Å². The first-order chi connectivity index (χ1) is 22.1. The van der Waals surface area contributed by atoms with Gasteiger partial charge in [0.05, 0.1) is 26.7 Å². The highest BCUT2D eigenvalue weighted by Gasteiger charge is 2.49. The van der Waals surface area contributed by atoms with E-state index in [1.807, 2.05) is 11.0 Å². The van der Waals surface area contributed by atoms with Crippen molar-refractivity contribution in [1.82, 2.24) is 14.9 Å². The Hall–Kier alpha value is -3.86. The predicted octanol–water partition coefficient (Wildman–Crippen LogP) is 6.54. The van der Waals surface area contributed by atoms with Gasteiger partial charge in [0.15, 0.2) is 5.82 Å². The highest BCUT2D eigenvalue weighted by Crippen LogP contribution is 2.46. The van der Waals surface area contributed by atoms with Crippen LogP contribution in [0.4, 0.5) is 24.0 Å². The predicted molar refractivity (Wildman–Crippen MR) is 170 cm³/mol. The van der Waals surface area contributed by atoms with Crippen molar-refractivity contribution in [1.29, 1.82) is 5.26 Å². The number of carboxylic acids is 1. The third-order valence-corrected chi connectivity index (χ3v) is 11.0. The van der Waals surface area contributed by atoms with Crippen molar-refractivity contribution in [2.75, 3.05) is 43.4 Å². The molecule has 0 amide bonds. The molecule has 7 rings (SSSR count). The second-order valence-corrected chi connectivity index (χ2v) is 13.8. The molecule has 46 heavy (non-hydrogen) atoms. The topological polar surface area (TPSA) is 129 Å². The third-order valence-electron chi connectivity index (χ3n) is 9.65. The minimum atomic E-state index is -0.963.